The molecule has 2 heterocycles. The Labute approximate surface area is 127 Å². The molecule has 0 amide bonds. The monoisotopic (exact) mass is 300 g/mol. The van der Waals surface area contributed by atoms with E-state index in [1.807, 2.05) is 6.07 Å². The highest BCUT2D eigenvalue weighted by atomic mass is 32.2. The van der Waals surface area contributed by atoms with E-state index in [2.05, 4.69) is 45.9 Å². The number of ether oxygens (including phenoxy) is 1. The minimum absolute atomic E-state index is 0.632. The lowest BCUT2D eigenvalue weighted by Crippen LogP contribution is -2.01. The second kappa shape index (κ2) is 6.13. The van der Waals surface area contributed by atoms with Gasteiger partial charge in [0.1, 0.15) is 22.6 Å². The number of fused-ring (bicyclic) bond motifs is 1. The van der Waals surface area contributed by atoms with Gasteiger partial charge in [-0.15, -0.1) is 11.8 Å². The molecule has 2 aromatic heterocycles. The highest BCUT2D eigenvalue weighted by Crippen LogP contribution is 2.22. The number of hydrogen-bond donors (Lipinski definition) is 1. The Hall–Kier alpha value is -2.08. The molecule has 21 heavy (non-hydrogen) atoms. The predicted octanol–water partition coefficient (Wildman–Crippen LogP) is 3.14. The molecule has 1 aromatic carbocycles. The standard InChI is InChI=1S/C15H16N4OS/c1-10-3-4-12(7-11(10)2)20-5-6-21-15-13-14(17-8-16-13)18-9-19-15/h3-4,7-9H,5-6H2,1-2H3,(H,16,17,18,19). The van der Waals surface area contributed by atoms with Crippen LogP contribution >= 0.6 is 11.8 Å². The van der Waals surface area contributed by atoms with Crippen molar-refractivity contribution < 1.29 is 4.74 Å². The fourth-order valence-electron chi connectivity index (χ4n) is 1.95. The molecule has 3 rings (SSSR count). The van der Waals surface area contributed by atoms with Crippen molar-refractivity contribution in [1.82, 2.24) is 19.9 Å². The molecule has 1 N–H and O–H groups in total. The number of aryl methyl sites for hydroxylation is 2. The Balaban J connectivity index is 1.56. The zero-order valence-electron chi connectivity index (χ0n) is 12.0. The van der Waals surface area contributed by atoms with E-state index < -0.39 is 0 Å². The molecule has 0 aliphatic heterocycles. The molecule has 6 heteroatoms. The third kappa shape index (κ3) is 3.16. The molecule has 0 unspecified atom stereocenters. The predicted molar refractivity (Wildman–Crippen MR) is 83.8 cm³/mol. The van der Waals surface area contributed by atoms with Gasteiger partial charge in [0.2, 0.25) is 0 Å². The van der Waals surface area contributed by atoms with Gasteiger partial charge in [0, 0.05) is 5.75 Å². The molecule has 0 bridgehead atoms. The summed E-state index contributed by atoms with van der Waals surface area (Å²) in [7, 11) is 0. The van der Waals surface area contributed by atoms with Crippen LogP contribution in [-0.4, -0.2) is 32.3 Å². The van der Waals surface area contributed by atoms with E-state index in [-0.39, 0.29) is 0 Å². The SMILES string of the molecule is Cc1ccc(OCCSc2ncnc3nc[nH]c23)cc1C. The molecular weight excluding hydrogens is 284 g/mol. The van der Waals surface area contributed by atoms with Gasteiger partial charge in [0.15, 0.2) is 5.65 Å². The molecule has 0 radical (unpaired) electrons. The summed E-state index contributed by atoms with van der Waals surface area (Å²) in [4.78, 5) is 15.6. The maximum absolute atomic E-state index is 5.77. The van der Waals surface area contributed by atoms with Crippen molar-refractivity contribution in [1.29, 1.82) is 0 Å². The fraction of sp³-hybridized carbons (Fsp3) is 0.267. The average Bonchev–Trinajstić information content (AvgIpc) is 2.96. The van der Waals surface area contributed by atoms with Crippen molar-refractivity contribution in [2.45, 2.75) is 18.9 Å². The van der Waals surface area contributed by atoms with Gasteiger partial charge in [-0.2, -0.15) is 0 Å². The summed E-state index contributed by atoms with van der Waals surface area (Å²) in [6.45, 7) is 4.82. The molecule has 0 saturated carbocycles. The Morgan fingerprint density at radius 2 is 2.05 bits per heavy atom. The lowest BCUT2D eigenvalue weighted by atomic mass is 10.1. The molecule has 0 spiro atoms. The maximum Gasteiger partial charge on any atom is 0.181 e. The highest BCUT2D eigenvalue weighted by Gasteiger charge is 2.06. The van der Waals surface area contributed by atoms with Gasteiger partial charge in [-0.25, -0.2) is 15.0 Å². The number of rotatable bonds is 5. The topological polar surface area (TPSA) is 63.7 Å². The molecule has 0 atom stereocenters. The number of aromatic nitrogens is 4. The van der Waals surface area contributed by atoms with Crippen molar-refractivity contribution in [2.24, 2.45) is 0 Å². The van der Waals surface area contributed by atoms with Crippen LogP contribution in [0.2, 0.25) is 0 Å². The van der Waals surface area contributed by atoms with E-state index in [1.165, 1.54) is 17.5 Å². The van der Waals surface area contributed by atoms with E-state index in [9.17, 15) is 0 Å². The summed E-state index contributed by atoms with van der Waals surface area (Å²) < 4.78 is 5.77. The molecule has 0 aliphatic carbocycles. The van der Waals surface area contributed by atoms with E-state index in [0.717, 1.165) is 22.0 Å². The zero-order valence-corrected chi connectivity index (χ0v) is 12.8. The number of thioether (sulfide) groups is 1. The molecule has 3 aromatic rings. The zero-order chi connectivity index (χ0) is 14.7. The molecule has 0 aliphatic rings. The number of hydrogen-bond acceptors (Lipinski definition) is 5. The van der Waals surface area contributed by atoms with Gasteiger partial charge in [-0.05, 0) is 37.1 Å². The van der Waals surface area contributed by atoms with Crippen LogP contribution in [0.15, 0.2) is 35.9 Å². The number of imidazole rings is 1. The summed E-state index contributed by atoms with van der Waals surface area (Å²) in [5.74, 6) is 1.73. The first kappa shape index (κ1) is 13.9. The lowest BCUT2D eigenvalue weighted by molar-refractivity contribution is 0.343. The second-order valence-corrected chi connectivity index (χ2v) is 5.81. The quantitative estimate of drug-likeness (QED) is 0.445. The number of nitrogens with zero attached hydrogens (tertiary/aromatic N) is 3. The number of nitrogens with one attached hydrogen (secondary N) is 1. The van der Waals surface area contributed by atoms with Crippen molar-refractivity contribution in [3.05, 3.63) is 42.0 Å². The first-order valence-corrected chi connectivity index (χ1v) is 7.69. The van der Waals surface area contributed by atoms with Crippen LogP contribution in [0.5, 0.6) is 5.75 Å². The summed E-state index contributed by atoms with van der Waals surface area (Å²) in [5.41, 5.74) is 4.10. The molecular formula is C15H16N4OS. The minimum atomic E-state index is 0.632. The van der Waals surface area contributed by atoms with Crippen LogP contribution in [0.1, 0.15) is 11.1 Å². The third-order valence-electron chi connectivity index (χ3n) is 3.26. The molecule has 5 nitrogen and oxygen atoms in total. The van der Waals surface area contributed by atoms with Crippen LogP contribution in [0.3, 0.4) is 0 Å². The number of aromatic amines is 1. The number of benzene rings is 1. The van der Waals surface area contributed by atoms with Gasteiger partial charge in [0.05, 0.1) is 12.9 Å². The first-order valence-electron chi connectivity index (χ1n) is 6.71. The van der Waals surface area contributed by atoms with Crippen molar-refractivity contribution in [2.75, 3.05) is 12.4 Å². The molecule has 0 saturated heterocycles. The van der Waals surface area contributed by atoms with Crippen LogP contribution in [0.4, 0.5) is 0 Å². The van der Waals surface area contributed by atoms with E-state index in [4.69, 9.17) is 4.74 Å². The van der Waals surface area contributed by atoms with Crippen LogP contribution < -0.4 is 4.74 Å². The average molecular weight is 300 g/mol. The van der Waals surface area contributed by atoms with Gasteiger partial charge in [-0.3, -0.25) is 0 Å². The van der Waals surface area contributed by atoms with E-state index in [1.54, 1.807) is 18.1 Å². The van der Waals surface area contributed by atoms with Crippen molar-refractivity contribution in [3.8, 4) is 5.75 Å². The van der Waals surface area contributed by atoms with Crippen LogP contribution in [0.25, 0.3) is 11.2 Å². The third-order valence-corrected chi connectivity index (χ3v) is 4.21. The Morgan fingerprint density at radius 1 is 1.14 bits per heavy atom. The smallest absolute Gasteiger partial charge is 0.181 e. The van der Waals surface area contributed by atoms with Crippen molar-refractivity contribution >= 4 is 22.9 Å². The highest BCUT2D eigenvalue weighted by molar-refractivity contribution is 7.99. The summed E-state index contributed by atoms with van der Waals surface area (Å²) in [6, 6.07) is 6.15. The molecule has 0 fully saturated rings. The Bertz CT molecular complexity index is 756. The maximum atomic E-state index is 5.77. The summed E-state index contributed by atoms with van der Waals surface area (Å²) >= 11 is 1.63. The fourth-order valence-corrected chi connectivity index (χ4v) is 2.73. The largest absolute Gasteiger partial charge is 0.493 e. The van der Waals surface area contributed by atoms with Crippen LogP contribution in [-0.2, 0) is 0 Å². The summed E-state index contributed by atoms with van der Waals surface area (Å²) in [6.07, 6.45) is 3.17. The van der Waals surface area contributed by atoms with E-state index in [0.29, 0.717) is 12.3 Å². The van der Waals surface area contributed by atoms with Gasteiger partial charge in [-0.1, -0.05) is 6.07 Å². The Morgan fingerprint density at radius 3 is 2.90 bits per heavy atom. The van der Waals surface area contributed by atoms with Crippen LogP contribution in [0, 0.1) is 13.8 Å². The summed E-state index contributed by atoms with van der Waals surface area (Å²) in [5, 5.41) is 0.904. The normalized spacial score (nSPS) is 11.0. The lowest BCUT2D eigenvalue weighted by Gasteiger charge is -2.08. The number of H-pyrrole nitrogens is 1. The van der Waals surface area contributed by atoms with E-state index >= 15 is 0 Å². The second-order valence-electron chi connectivity index (χ2n) is 4.72. The molecule has 108 valence electrons. The van der Waals surface area contributed by atoms with Gasteiger partial charge >= 0.3 is 0 Å². The van der Waals surface area contributed by atoms with Crippen molar-refractivity contribution in [3.63, 3.8) is 0 Å². The minimum Gasteiger partial charge on any atom is -0.493 e. The van der Waals surface area contributed by atoms with Gasteiger partial charge in [0.25, 0.3) is 0 Å². The Kier molecular flexibility index (Phi) is 4.06. The first-order chi connectivity index (χ1) is 10.2. The van der Waals surface area contributed by atoms with Gasteiger partial charge < -0.3 is 9.72 Å².